The highest BCUT2D eigenvalue weighted by Crippen LogP contribution is 2.40. The fourth-order valence-corrected chi connectivity index (χ4v) is 4.78. The van der Waals surface area contributed by atoms with Crippen molar-refractivity contribution in [2.24, 2.45) is 0 Å². The Hall–Kier alpha value is -1.93. The molecule has 1 aromatic rings. The van der Waals surface area contributed by atoms with Crippen molar-refractivity contribution in [3.05, 3.63) is 16.0 Å². The molecule has 3 rings (SSSR count). The maximum atomic E-state index is 12.7. The number of thiophene rings is 1. The van der Waals surface area contributed by atoms with Gasteiger partial charge >= 0.3 is 0 Å². The first-order chi connectivity index (χ1) is 12.3. The van der Waals surface area contributed by atoms with E-state index >= 15 is 0 Å². The predicted octanol–water partition coefficient (Wildman–Crippen LogP) is 1.02. The van der Waals surface area contributed by atoms with Crippen molar-refractivity contribution >= 4 is 34.1 Å². The first-order valence-corrected chi connectivity index (χ1v) is 9.70. The van der Waals surface area contributed by atoms with Gasteiger partial charge in [-0.2, -0.15) is 0 Å². The van der Waals surface area contributed by atoms with Crippen molar-refractivity contribution in [2.75, 3.05) is 52.7 Å². The van der Waals surface area contributed by atoms with E-state index in [0.717, 1.165) is 28.4 Å². The minimum Gasteiger partial charge on any atom is -0.337 e. The third kappa shape index (κ3) is 3.48. The second kappa shape index (κ2) is 7.36. The molecule has 0 bridgehead atoms. The van der Waals surface area contributed by atoms with Gasteiger partial charge in [0.05, 0.1) is 12.1 Å². The smallest absolute Gasteiger partial charge is 0.257 e. The minimum atomic E-state index is -0.0963. The summed E-state index contributed by atoms with van der Waals surface area (Å²) in [6.07, 6.45) is 2.05. The quantitative estimate of drug-likeness (QED) is 0.785. The van der Waals surface area contributed by atoms with Gasteiger partial charge in [0.2, 0.25) is 11.8 Å². The Labute approximate surface area is 158 Å². The topological polar surface area (TPSA) is 64.2 Å². The van der Waals surface area contributed by atoms with Crippen molar-refractivity contribution in [3.63, 3.8) is 0 Å². The number of carbonyl (C=O) groups is 3. The molecule has 2 aliphatic rings. The molecule has 0 N–H and O–H groups in total. The van der Waals surface area contributed by atoms with Crippen molar-refractivity contribution < 1.29 is 14.4 Å². The zero-order chi connectivity index (χ0) is 19.0. The van der Waals surface area contributed by atoms with Gasteiger partial charge in [0.15, 0.2) is 0 Å². The lowest BCUT2D eigenvalue weighted by atomic mass is 10.0. The summed E-state index contributed by atoms with van der Waals surface area (Å²) in [5.41, 5.74) is 1.67. The van der Waals surface area contributed by atoms with E-state index in [9.17, 15) is 14.4 Å². The molecule has 0 aromatic carbocycles. The Balaban J connectivity index is 1.80. The Kier molecular flexibility index (Phi) is 5.34. The van der Waals surface area contributed by atoms with Crippen LogP contribution in [0.5, 0.6) is 0 Å². The lowest BCUT2D eigenvalue weighted by molar-refractivity contribution is -0.132. The summed E-state index contributed by atoms with van der Waals surface area (Å²) in [6.45, 7) is 2.16. The van der Waals surface area contributed by atoms with E-state index < -0.39 is 0 Å². The van der Waals surface area contributed by atoms with Crippen LogP contribution in [0.2, 0.25) is 0 Å². The largest absolute Gasteiger partial charge is 0.337 e. The second-order valence-electron chi connectivity index (χ2n) is 7.27. The molecule has 0 spiro atoms. The first-order valence-electron chi connectivity index (χ1n) is 8.88. The number of anilines is 1. The minimum absolute atomic E-state index is 0.0881. The molecule has 0 saturated carbocycles. The van der Waals surface area contributed by atoms with Crippen LogP contribution in [-0.2, 0) is 22.6 Å². The van der Waals surface area contributed by atoms with Crippen LogP contribution in [0.15, 0.2) is 0 Å². The number of amides is 3. The van der Waals surface area contributed by atoms with Gasteiger partial charge in [0.25, 0.3) is 5.91 Å². The molecule has 2 aliphatic heterocycles. The summed E-state index contributed by atoms with van der Waals surface area (Å²) >= 11 is 1.47. The number of likely N-dealkylation sites (N-methyl/N-ethyl adjacent to an activating group) is 2. The second-order valence-corrected chi connectivity index (χ2v) is 8.35. The Morgan fingerprint density at radius 3 is 2.62 bits per heavy atom. The molecule has 0 aliphatic carbocycles. The maximum Gasteiger partial charge on any atom is 0.257 e. The fourth-order valence-electron chi connectivity index (χ4n) is 3.45. The molecule has 3 heterocycles. The van der Waals surface area contributed by atoms with Crippen LogP contribution in [0.1, 0.15) is 33.6 Å². The first kappa shape index (κ1) is 18.8. The number of rotatable bonds is 4. The Morgan fingerprint density at radius 1 is 1.19 bits per heavy atom. The number of hydrogen-bond acceptors (Lipinski definition) is 5. The molecule has 26 heavy (non-hydrogen) atoms. The van der Waals surface area contributed by atoms with Gasteiger partial charge in [-0.05, 0) is 39.0 Å². The standard InChI is InChI=1S/C18H26N4O3S/c1-19(2)8-5-6-14(23)22-9-7-12-13(10-22)26-18-16(12)17(25)20(3)11-15(24)21(18)4/h5-11H2,1-4H3. The Morgan fingerprint density at radius 2 is 1.92 bits per heavy atom. The molecular weight excluding hydrogens is 352 g/mol. The third-order valence-electron chi connectivity index (χ3n) is 5.00. The van der Waals surface area contributed by atoms with Crippen LogP contribution in [0.25, 0.3) is 0 Å². The normalized spacial score (nSPS) is 17.5. The van der Waals surface area contributed by atoms with Crippen LogP contribution in [0.4, 0.5) is 5.00 Å². The van der Waals surface area contributed by atoms with Gasteiger partial charge in [-0.1, -0.05) is 0 Å². The van der Waals surface area contributed by atoms with E-state index in [1.54, 1.807) is 19.0 Å². The van der Waals surface area contributed by atoms with Crippen LogP contribution in [0, 0.1) is 0 Å². The van der Waals surface area contributed by atoms with E-state index in [1.807, 2.05) is 19.0 Å². The van der Waals surface area contributed by atoms with Crippen LogP contribution < -0.4 is 4.90 Å². The molecule has 0 saturated heterocycles. The summed E-state index contributed by atoms with van der Waals surface area (Å²) in [5, 5.41) is 0.719. The molecule has 0 fully saturated rings. The molecular formula is C18H26N4O3S. The summed E-state index contributed by atoms with van der Waals surface area (Å²) in [5.74, 6) is -0.0234. The zero-order valence-electron chi connectivity index (χ0n) is 15.9. The zero-order valence-corrected chi connectivity index (χ0v) is 16.7. The van der Waals surface area contributed by atoms with E-state index in [0.29, 0.717) is 31.5 Å². The van der Waals surface area contributed by atoms with Crippen molar-refractivity contribution in [1.82, 2.24) is 14.7 Å². The summed E-state index contributed by atoms with van der Waals surface area (Å²) in [4.78, 5) is 45.6. The van der Waals surface area contributed by atoms with E-state index in [2.05, 4.69) is 4.90 Å². The highest BCUT2D eigenvalue weighted by Gasteiger charge is 2.35. The monoisotopic (exact) mass is 378 g/mol. The SMILES string of the molecule is CN(C)CCCC(=O)N1CCc2c(sc3c2C(=O)N(C)CC(=O)N3C)C1. The van der Waals surface area contributed by atoms with Crippen LogP contribution in [0.3, 0.4) is 0 Å². The lowest BCUT2D eigenvalue weighted by Gasteiger charge is -2.28. The molecule has 0 radical (unpaired) electrons. The van der Waals surface area contributed by atoms with E-state index in [1.165, 1.54) is 16.2 Å². The van der Waals surface area contributed by atoms with E-state index in [4.69, 9.17) is 0 Å². The van der Waals surface area contributed by atoms with Gasteiger partial charge in [0, 0.05) is 31.9 Å². The van der Waals surface area contributed by atoms with Crippen molar-refractivity contribution in [2.45, 2.75) is 25.8 Å². The summed E-state index contributed by atoms with van der Waals surface area (Å²) < 4.78 is 0. The average molecular weight is 378 g/mol. The van der Waals surface area contributed by atoms with Crippen molar-refractivity contribution in [3.8, 4) is 0 Å². The van der Waals surface area contributed by atoms with Gasteiger partial charge in [-0.25, -0.2) is 0 Å². The number of hydrogen-bond donors (Lipinski definition) is 0. The van der Waals surface area contributed by atoms with Gasteiger partial charge < -0.3 is 19.6 Å². The molecule has 8 heteroatoms. The van der Waals surface area contributed by atoms with Gasteiger partial charge in [-0.15, -0.1) is 11.3 Å². The summed E-state index contributed by atoms with van der Waals surface area (Å²) in [7, 11) is 7.39. The van der Waals surface area contributed by atoms with E-state index in [-0.39, 0.29) is 24.3 Å². The Bertz CT molecular complexity index is 743. The number of carbonyl (C=O) groups excluding carboxylic acids is 3. The van der Waals surface area contributed by atoms with Crippen molar-refractivity contribution in [1.29, 1.82) is 0 Å². The molecule has 3 amide bonds. The lowest BCUT2D eigenvalue weighted by Crippen LogP contribution is -2.37. The molecule has 0 atom stereocenters. The maximum absolute atomic E-state index is 12.7. The average Bonchev–Trinajstić information content (AvgIpc) is 2.94. The number of fused-ring (bicyclic) bond motifs is 3. The molecule has 1 aromatic heterocycles. The molecule has 0 unspecified atom stereocenters. The predicted molar refractivity (Wildman–Crippen MR) is 102 cm³/mol. The van der Waals surface area contributed by atoms with Crippen LogP contribution >= 0.6 is 11.3 Å². The highest BCUT2D eigenvalue weighted by molar-refractivity contribution is 7.17. The number of nitrogens with zero attached hydrogens (tertiary/aromatic N) is 4. The fraction of sp³-hybridized carbons (Fsp3) is 0.611. The summed E-state index contributed by atoms with van der Waals surface area (Å²) in [6, 6.07) is 0. The highest BCUT2D eigenvalue weighted by atomic mass is 32.1. The third-order valence-corrected chi connectivity index (χ3v) is 6.29. The molecule has 7 nitrogen and oxygen atoms in total. The van der Waals surface area contributed by atoms with Gasteiger partial charge in [0.1, 0.15) is 11.5 Å². The van der Waals surface area contributed by atoms with Crippen LogP contribution in [-0.4, -0.2) is 80.2 Å². The molecule has 142 valence electrons. The van der Waals surface area contributed by atoms with Gasteiger partial charge in [-0.3, -0.25) is 14.4 Å².